The van der Waals surface area contributed by atoms with Gasteiger partial charge in [0, 0.05) is 18.0 Å². The van der Waals surface area contributed by atoms with Gasteiger partial charge in [-0.3, -0.25) is 14.2 Å². The topological polar surface area (TPSA) is 64.0 Å². The van der Waals surface area contributed by atoms with E-state index in [9.17, 15) is 9.59 Å². The van der Waals surface area contributed by atoms with E-state index in [1.807, 2.05) is 0 Å². The van der Waals surface area contributed by atoms with Crippen molar-refractivity contribution in [2.24, 2.45) is 0 Å². The number of carbonyl (C=O) groups is 1. The predicted molar refractivity (Wildman–Crippen MR) is 100 cm³/mol. The van der Waals surface area contributed by atoms with Crippen LogP contribution in [0.25, 0.3) is 10.2 Å². The summed E-state index contributed by atoms with van der Waals surface area (Å²) in [7, 11) is 0. The van der Waals surface area contributed by atoms with Crippen LogP contribution in [0, 0.1) is 0 Å². The molecule has 0 unspecified atom stereocenters. The summed E-state index contributed by atoms with van der Waals surface area (Å²) in [4.78, 5) is 31.5. The van der Waals surface area contributed by atoms with Crippen molar-refractivity contribution in [2.45, 2.75) is 31.0 Å². The fraction of sp³-hybridized carbons (Fsp3) is 0.353. The molecule has 2 heterocycles. The minimum absolute atomic E-state index is 0.0201. The number of hydrogen-bond acceptors (Lipinski definition) is 5. The molecule has 0 bridgehead atoms. The number of allylic oxidation sites excluding steroid dienone is 1. The lowest BCUT2D eigenvalue weighted by Gasteiger charge is -2.10. The number of aromatic nitrogens is 2. The van der Waals surface area contributed by atoms with Crippen LogP contribution in [-0.4, -0.2) is 27.8 Å². The summed E-state index contributed by atoms with van der Waals surface area (Å²) in [6, 6.07) is 0. The highest BCUT2D eigenvalue weighted by Crippen LogP contribution is 2.35. The van der Waals surface area contributed by atoms with E-state index in [1.54, 1.807) is 28.1 Å². The number of thioether (sulfide) groups is 1. The van der Waals surface area contributed by atoms with Crippen molar-refractivity contribution >= 4 is 39.2 Å². The summed E-state index contributed by atoms with van der Waals surface area (Å²) >= 11 is 2.89. The molecule has 2 aromatic rings. The molecule has 7 heteroatoms. The zero-order valence-corrected chi connectivity index (χ0v) is 15.0. The van der Waals surface area contributed by atoms with Crippen LogP contribution in [-0.2, 0) is 24.2 Å². The van der Waals surface area contributed by atoms with E-state index in [4.69, 9.17) is 0 Å². The van der Waals surface area contributed by atoms with Crippen LogP contribution in [0.2, 0.25) is 0 Å². The molecule has 126 valence electrons. The van der Waals surface area contributed by atoms with E-state index in [1.165, 1.54) is 22.2 Å². The molecule has 2 aromatic heterocycles. The third-order valence-corrected chi connectivity index (χ3v) is 6.04. The van der Waals surface area contributed by atoms with Crippen LogP contribution in [0.15, 0.2) is 35.3 Å². The maximum Gasteiger partial charge on any atom is 0.263 e. The van der Waals surface area contributed by atoms with Crippen molar-refractivity contribution in [1.29, 1.82) is 0 Å². The fourth-order valence-corrected chi connectivity index (χ4v) is 4.97. The number of carbonyl (C=O) groups excluding carboxylic acids is 1. The van der Waals surface area contributed by atoms with Gasteiger partial charge in [-0.2, -0.15) is 0 Å². The van der Waals surface area contributed by atoms with Gasteiger partial charge in [-0.05, 0) is 24.8 Å². The first-order chi connectivity index (χ1) is 11.7. The van der Waals surface area contributed by atoms with Gasteiger partial charge in [-0.25, -0.2) is 4.98 Å². The molecule has 1 amide bonds. The Morgan fingerprint density at radius 3 is 2.96 bits per heavy atom. The van der Waals surface area contributed by atoms with Crippen molar-refractivity contribution in [3.63, 3.8) is 0 Å². The molecule has 0 saturated carbocycles. The van der Waals surface area contributed by atoms with E-state index in [-0.39, 0.29) is 17.2 Å². The molecular weight excluding hydrogens is 342 g/mol. The number of rotatable bonds is 7. The summed E-state index contributed by atoms with van der Waals surface area (Å²) in [5.41, 5.74) is 1.15. The molecule has 3 rings (SSSR count). The number of amides is 1. The van der Waals surface area contributed by atoms with Crippen LogP contribution in [0.1, 0.15) is 16.9 Å². The lowest BCUT2D eigenvalue weighted by Crippen LogP contribution is -2.27. The van der Waals surface area contributed by atoms with Crippen LogP contribution in [0.5, 0.6) is 0 Å². The minimum Gasteiger partial charge on any atom is -0.352 e. The Balaban J connectivity index is 1.96. The SMILES string of the molecule is C=CCNC(=O)CSc1nc2sc3c(c2c(=O)n1CC=C)CCC3. The number of thiophene rings is 1. The van der Waals surface area contributed by atoms with Crippen molar-refractivity contribution in [3.05, 3.63) is 46.1 Å². The van der Waals surface area contributed by atoms with E-state index in [0.29, 0.717) is 18.2 Å². The first-order valence-electron chi connectivity index (χ1n) is 7.82. The lowest BCUT2D eigenvalue weighted by atomic mass is 10.2. The van der Waals surface area contributed by atoms with Crippen LogP contribution < -0.4 is 10.9 Å². The molecule has 1 aliphatic rings. The van der Waals surface area contributed by atoms with Crippen molar-refractivity contribution in [2.75, 3.05) is 12.3 Å². The third kappa shape index (κ3) is 3.18. The van der Waals surface area contributed by atoms with Gasteiger partial charge in [0.2, 0.25) is 5.91 Å². The molecule has 0 aliphatic heterocycles. The number of hydrogen-bond donors (Lipinski definition) is 1. The summed E-state index contributed by atoms with van der Waals surface area (Å²) in [5, 5.41) is 4.06. The molecule has 0 radical (unpaired) electrons. The van der Waals surface area contributed by atoms with Crippen LogP contribution in [0.3, 0.4) is 0 Å². The van der Waals surface area contributed by atoms with E-state index in [0.717, 1.165) is 29.5 Å². The summed E-state index contributed by atoms with van der Waals surface area (Å²) in [5.74, 6) is 0.113. The van der Waals surface area contributed by atoms with Crippen molar-refractivity contribution < 1.29 is 4.79 Å². The zero-order chi connectivity index (χ0) is 17.1. The standard InChI is InChI=1S/C17H19N3O2S2/c1-3-8-18-13(21)10-23-17-19-15-14(16(22)20(17)9-4-2)11-6-5-7-12(11)24-15/h3-4H,1-2,5-10H2,(H,18,21). The maximum absolute atomic E-state index is 12.9. The van der Waals surface area contributed by atoms with Gasteiger partial charge in [-0.15, -0.1) is 24.5 Å². The molecule has 1 N–H and O–H groups in total. The molecule has 5 nitrogen and oxygen atoms in total. The molecule has 24 heavy (non-hydrogen) atoms. The summed E-state index contributed by atoms with van der Waals surface area (Å²) in [6.07, 6.45) is 6.41. The first kappa shape index (κ1) is 17.0. The van der Waals surface area contributed by atoms with E-state index < -0.39 is 0 Å². The summed E-state index contributed by atoms with van der Waals surface area (Å²) < 4.78 is 1.62. The number of nitrogens with zero attached hydrogens (tertiary/aromatic N) is 2. The van der Waals surface area contributed by atoms with Crippen LogP contribution >= 0.6 is 23.1 Å². The second-order valence-electron chi connectivity index (χ2n) is 5.52. The molecule has 1 aliphatic carbocycles. The van der Waals surface area contributed by atoms with Gasteiger partial charge in [0.15, 0.2) is 5.16 Å². The Labute approximate surface area is 148 Å². The molecule has 0 aromatic carbocycles. The van der Waals surface area contributed by atoms with E-state index in [2.05, 4.69) is 23.5 Å². The molecule has 0 spiro atoms. The minimum atomic E-state index is -0.104. The normalized spacial score (nSPS) is 13.0. The maximum atomic E-state index is 12.9. The Hall–Kier alpha value is -1.86. The third-order valence-electron chi connectivity index (χ3n) is 3.88. The number of aryl methyl sites for hydroxylation is 2. The van der Waals surface area contributed by atoms with Gasteiger partial charge in [0.05, 0.1) is 11.1 Å². The Morgan fingerprint density at radius 2 is 2.21 bits per heavy atom. The van der Waals surface area contributed by atoms with Crippen LogP contribution in [0.4, 0.5) is 0 Å². The Morgan fingerprint density at radius 1 is 1.38 bits per heavy atom. The van der Waals surface area contributed by atoms with E-state index >= 15 is 0 Å². The zero-order valence-electron chi connectivity index (χ0n) is 13.3. The second kappa shape index (κ2) is 7.36. The second-order valence-corrected chi connectivity index (χ2v) is 7.54. The number of nitrogens with one attached hydrogen (secondary N) is 1. The quantitative estimate of drug-likeness (QED) is 0.468. The first-order valence-corrected chi connectivity index (χ1v) is 9.62. The Bertz CT molecular complexity index is 867. The highest BCUT2D eigenvalue weighted by molar-refractivity contribution is 7.99. The van der Waals surface area contributed by atoms with Gasteiger partial charge in [0.1, 0.15) is 4.83 Å². The van der Waals surface area contributed by atoms with Gasteiger partial charge in [0.25, 0.3) is 5.56 Å². The largest absolute Gasteiger partial charge is 0.352 e. The average molecular weight is 361 g/mol. The fourth-order valence-electron chi connectivity index (χ4n) is 2.83. The monoisotopic (exact) mass is 361 g/mol. The smallest absolute Gasteiger partial charge is 0.263 e. The predicted octanol–water partition coefficient (Wildman–Crippen LogP) is 2.53. The summed E-state index contributed by atoms with van der Waals surface area (Å²) in [6.45, 7) is 8.13. The van der Waals surface area contributed by atoms with Crippen molar-refractivity contribution in [3.8, 4) is 0 Å². The van der Waals surface area contributed by atoms with Gasteiger partial charge in [-0.1, -0.05) is 23.9 Å². The average Bonchev–Trinajstić information content (AvgIpc) is 3.14. The van der Waals surface area contributed by atoms with Gasteiger partial charge < -0.3 is 5.32 Å². The molecule has 0 saturated heterocycles. The van der Waals surface area contributed by atoms with Crippen molar-refractivity contribution in [1.82, 2.24) is 14.9 Å². The number of fused-ring (bicyclic) bond motifs is 3. The van der Waals surface area contributed by atoms with Gasteiger partial charge >= 0.3 is 0 Å². The molecule has 0 atom stereocenters. The molecular formula is C17H19N3O2S2. The molecule has 0 fully saturated rings. The Kier molecular flexibility index (Phi) is 5.20. The highest BCUT2D eigenvalue weighted by Gasteiger charge is 2.23. The highest BCUT2D eigenvalue weighted by atomic mass is 32.2. The lowest BCUT2D eigenvalue weighted by molar-refractivity contribution is -0.118.